The van der Waals surface area contributed by atoms with Crippen LogP contribution in [0.15, 0.2) is 103 Å². The molecule has 0 saturated heterocycles. The predicted octanol–water partition coefficient (Wildman–Crippen LogP) is 9.83. The number of fused-ring (bicyclic) bond motifs is 6. The smallest absolute Gasteiger partial charge is 0.170 e. The van der Waals surface area contributed by atoms with Gasteiger partial charge < -0.3 is 9.47 Å². The third kappa shape index (κ3) is 3.10. The van der Waals surface area contributed by atoms with Crippen LogP contribution >= 0.6 is 11.3 Å². The first kappa shape index (κ1) is 21.7. The summed E-state index contributed by atoms with van der Waals surface area (Å²) in [5.41, 5.74) is 9.33. The molecule has 0 fully saturated rings. The van der Waals surface area contributed by atoms with Crippen molar-refractivity contribution in [2.45, 2.75) is 19.3 Å². The van der Waals surface area contributed by atoms with Gasteiger partial charge in [0.05, 0.1) is 10.2 Å². The molecule has 0 unspecified atom stereocenters. The summed E-state index contributed by atoms with van der Waals surface area (Å²) in [5.74, 6) is 2.96. The summed E-state index contributed by atoms with van der Waals surface area (Å²) in [7, 11) is 0. The molecule has 0 spiro atoms. The van der Waals surface area contributed by atoms with Crippen molar-refractivity contribution in [2.24, 2.45) is 0 Å². The second kappa shape index (κ2) is 7.80. The van der Waals surface area contributed by atoms with E-state index in [1.165, 1.54) is 27.0 Å². The lowest BCUT2D eigenvalue weighted by Gasteiger charge is -2.25. The molecule has 8 rings (SSSR count). The molecule has 1 aliphatic carbocycles. The van der Waals surface area contributed by atoms with Crippen LogP contribution in [0.3, 0.4) is 0 Å². The predicted molar refractivity (Wildman–Crippen MR) is 155 cm³/mol. The van der Waals surface area contributed by atoms with Crippen LogP contribution < -0.4 is 9.47 Å². The minimum Gasteiger partial charge on any atom is -0.450 e. The molecule has 0 saturated carbocycles. The van der Waals surface area contributed by atoms with E-state index in [2.05, 4.69) is 105 Å². The van der Waals surface area contributed by atoms with Gasteiger partial charge in [-0.25, -0.2) is 4.98 Å². The minimum absolute atomic E-state index is 0.0845. The molecular formula is C34H23NO2S. The van der Waals surface area contributed by atoms with Crippen molar-refractivity contribution in [1.82, 2.24) is 4.98 Å². The Labute approximate surface area is 225 Å². The van der Waals surface area contributed by atoms with Crippen molar-refractivity contribution in [3.63, 3.8) is 0 Å². The van der Waals surface area contributed by atoms with Gasteiger partial charge in [-0.3, -0.25) is 0 Å². The Morgan fingerprint density at radius 3 is 2.13 bits per heavy atom. The monoisotopic (exact) mass is 509 g/mol. The number of aromatic nitrogens is 1. The van der Waals surface area contributed by atoms with Crippen molar-refractivity contribution < 1.29 is 9.47 Å². The largest absolute Gasteiger partial charge is 0.450 e. The molecule has 0 radical (unpaired) electrons. The molecule has 2 heterocycles. The highest BCUT2D eigenvalue weighted by Crippen LogP contribution is 2.55. The van der Waals surface area contributed by atoms with Crippen molar-refractivity contribution >= 4 is 21.6 Å². The van der Waals surface area contributed by atoms with E-state index in [-0.39, 0.29) is 5.41 Å². The van der Waals surface area contributed by atoms with E-state index in [1.54, 1.807) is 11.3 Å². The molecule has 0 atom stereocenters. The molecule has 0 N–H and O–H groups in total. The number of thiazole rings is 1. The first-order chi connectivity index (χ1) is 18.6. The molecule has 6 aromatic rings. The maximum absolute atomic E-state index is 6.50. The Morgan fingerprint density at radius 2 is 1.26 bits per heavy atom. The van der Waals surface area contributed by atoms with Gasteiger partial charge in [0.2, 0.25) is 0 Å². The molecule has 182 valence electrons. The number of ether oxygens (including phenoxy) is 2. The lowest BCUT2D eigenvalue weighted by molar-refractivity contribution is 0.359. The van der Waals surface area contributed by atoms with E-state index in [0.29, 0.717) is 0 Å². The average molecular weight is 510 g/mol. The van der Waals surface area contributed by atoms with Crippen molar-refractivity contribution in [2.75, 3.05) is 0 Å². The Morgan fingerprint density at radius 1 is 0.579 bits per heavy atom. The van der Waals surface area contributed by atoms with Gasteiger partial charge in [-0.05, 0) is 69.8 Å². The van der Waals surface area contributed by atoms with Crippen LogP contribution in [-0.4, -0.2) is 4.98 Å². The van der Waals surface area contributed by atoms with Gasteiger partial charge in [0, 0.05) is 11.0 Å². The first-order valence-electron chi connectivity index (χ1n) is 12.8. The SMILES string of the molecule is CC1(C)c2ccccc2-c2cc3c(cc21)Oc1ccc(-c2ccccc2-c2nc4ccccc4s2)cc1O3. The molecule has 5 aromatic carbocycles. The van der Waals surface area contributed by atoms with Crippen molar-refractivity contribution in [3.8, 4) is 55.8 Å². The van der Waals surface area contributed by atoms with Crippen LogP contribution in [0, 0.1) is 0 Å². The van der Waals surface area contributed by atoms with Gasteiger partial charge in [-0.1, -0.05) is 80.6 Å². The summed E-state index contributed by atoms with van der Waals surface area (Å²) in [6.07, 6.45) is 0. The zero-order valence-corrected chi connectivity index (χ0v) is 21.8. The van der Waals surface area contributed by atoms with Crippen LogP contribution in [0.1, 0.15) is 25.0 Å². The fourth-order valence-corrected chi connectivity index (χ4v) is 6.86. The van der Waals surface area contributed by atoms with Crippen LogP contribution in [0.2, 0.25) is 0 Å². The third-order valence-electron chi connectivity index (χ3n) is 7.79. The van der Waals surface area contributed by atoms with E-state index in [4.69, 9.17) is 14.5 Å². The molecule has 4 heteroatoms. The summed E-state index contributed by atoms with van der Waals surface area (Å²) < 4.78 is 14.1. The van der Waals surface area contributed by atoms with E-state index in [9.17, 15) is 0 Å². The van der Waals surface area contributed by atoms with Crippen molar-refractivity contribution in [3.05, 3.63) is 114 Å². The average Bonchev–Trinajstić information content (AvgIpc) is 3.48. The molecule has 1 aromatic heterocycles. The number of para-hydroxylation sites is 1. The van der Waals surface area contributed by atoms with Gasteiger partial charge in [0.1, 0.15) is 5.01 Å². The molecule has 2 aliphatic rings. The second-order valence-electron chi connectivity index (χ2n) is 10.4. The van der Waals surface area contributed by atoms with E-state index >= 15 is 0 Å². The maximum atomic E-state index is 6.50. The summed E-state index contributed by atoms with van der Waals surface area (Å²) in [6, 6.07) is 35.8. The summed E-state index contributed by atoms with van der Waals surface area (Å²) >= 11 is 1.72. The molecule has 0 bridgehead atoms. The molecule has 38 heavy (non-hydrogen) atoms. The lowest BCUT2D eigenvalue weighted by Crippen LogP contribution is -2.15. The minimum atomic E-state index is -0.0845. The number of nitrogens with zero attached hydrogens (tertiary/aromatic N) is 1. The van der Waals surface area contributed by atoms with Crippen molar-refractivity contribution in [1.29, 1.82) is 0 Å². The van der Waals surface area contributed by atoms with E-state index < -0.39 is 0 Å². The quantitative estimate of drug-likeness (QED) is 0.232. The number of hydrogen-bond donors (Lipinski definition) is 0. The van der Waals surface area contributed by atoms with Gasteiger partial charge >= 0.3 is 0 Å². The van der Waals surface area contributed by atoms with Crippen LogP contribution in [0.4, 0.5) is 0 Å². The van der Waals surface area contributed by atoms with Crippen LogP contribution in [0.5, 0.6) is 23.0 Å². The Hall–Kier alpha value is -4.41. The lowest BCUT2D eigenvalue weighted by atomic mass is 9.82. The number of hydrogen-bond acceptors (Lipinski definition) is 4. The van der Waals surface area contributed by atoms with Crippen LogP contribution in [-0.2, 0) is 5.41 Å². The Balaban J connectivity index is 1.21. The number of benzene rings is 5. The highest BCUT2D eigenvalue weighted by Gasteiger charge is 2.37. The topological polar surface area (TPSA) is 31.4 Å². The van der Waals surface area contributed by atoms with Gasteiger partial charge in [0.15, 0.2) is 23.0 Å². The highest BCUT2D eigenvalue weighted by atomic mass is 32.1. The first-order valence-corrected chi connectivity index (χ1v) is 13.6. The fraction of sp³-hybridized carbons (Fsp3) is 0.0882. The molecule has 3 nitrogen and oxygen atoms in total. The zero-order chi connectivity index (χ0) is 25.4. The summed E-state index contributed by atoms with van der Waals surface area (Å²) in [4.78, 5) is 4.91. The van der Waals surface area contributed by atoms with E-state index in [1.807, 2.05) is 12.1 Å². The third-order valence-corrected chi connectivity index (χ3v) is 8.86. The van der Waals surface area contributed by atoms with Crippen LogP contribution in [0.25, 0.3) is 43.0 Å². The summed E-state index contributed by atoms with van der Waals surface area (Å²) in [5, 5.41) is 1.01. The maximum Gasteiger partial charge on any atom is 0.170 e. The van der Waals surface area contributed by atoms with E-state index in [0.717, 1.165) is 50.2 Å². The van der Waals surface area contributed by atoms with Gasteiger partial charge in [-0.2, -0.15) is 0 Å². The fourth-order valence-electron chi connectivity index (χ4n) is 5.85. The Kier molecular flexibility index (Phi) is 4.44. The van der Waals surface area contributed by atoms with Gasteiger partial charge in [0.25, 0.3) is 0 Å². The standard InChI is InChI=1S/C34H23NO2S/c1-34(2)25-12-6-5-10-22(25)24-18-30-31(19-26(24)34)36-28-16-15-20(17-29(28)37-30)21-9-3-4-11-23(21)33-35-27-13-7-8-14-32(27)38-33/h3-19H,1-2H3. The van der Waals surface area contributed by atoms with Gasteiger partial charge in [-0.15, -0.1) is 11.3 Å². The normalized spacial score (nSPS) is 14.2. The molecule has 0 amide bonds. The highest BCUT2D eigenvalue weighted by molar-refractivity contribution is 7.21. The Bertz CT molecular complexity index is 1880. The summed E-state index contributed by atoms with van der Waals surface area (Å²) in [6.45, 7) is 4.55. The second-order valence-corrected chi connectivity index (χ2v) is 11.4. The molecular weight excluding hydrogens is 486 g/mol. The number of rotatable bonds is 2. The zero-order valence-electron chi connectivity index (χ0n) is 21.0. The molecule has 1 aliphatic heterocycles.